The average Bonchev–Trinajstić information content (AvgIpc) is 2.55. The van der Waals surface area contributed by atoms with E-state index in [1.807, 2.05) is 17.9 Å². The van der Waals surface area contributed by atoms with Crippen molar-refractivity contribution in [3.05, 3.63) is 48.0 Å². The fourth-order valence-electron chi connectivity index (χ4n) is 2.93. The Balaban J connectivity index is 1.57. The van der Waals surface area contributed by atoms with E-state index < -0.39 is 0 Å². The maximum absolute atomic E-state index is 12.2. The number of hydrogen-bond acceptors (Lipinski definition) is 2. The van der Waals surface area contributed by atoms with Crippen molar-refractivity contribution in [3.63, 3.8) is 0 Å². The Bertz CT molecular complexity index is 651. The number of carbonyl (C=O) groups is 1. The van der Waals surface area contributed by atoms with Gasteiger partial charge in [0.2, 0.25) is 0 Å². The van der Waals surface area contributed by atoms with Crippen molar-refractivity contribution in [3.8, 4) is 0 Å². The Labute approximate surface area is 131 Å². The molecule has 4 nitrogen and oxygen atoms in total. The molecule has 1 unspecified atom stereocenters. The van der Waals surface area contributed by atoms with Gasteiger partial charge in [0.15, 0.2) is 0 Å². The van der Waals surface area contributed by atoms with Crippen LogP contribution in [-0.2, 0) is 11.2 Å². The first-order valence-corrected chi connectivity index (χ1v) is 7.85. The Hall–Kier alpha value is -2.07. The van der Waals surface area contributed by atoms with Crippen LogP contribution in [0.2, 0.25) is 0 Å². The van der Waals surface area contributed by atoms with Gasteiger partial charge in [-0.3, -0.25) is 0 Å². The highest BCUT2D eigenvalue weighted by molar-refractivity contribution is 5.85. The zero-order chi connectivity index (χ0) is 15.4. The second kappa shape index (κ2) is 6.79. The summed E-state index contributed by atoms with van der Waals surface area (Å²) in [6.45, 7) is 4.61. The summed E-state index contributed by atoms with van der Waals surface area (Å²) in [5.41, 5.74) is 1.27. The number of amides is 2. The molecule has 3 rings (SSSR count). The van der Waals surface area contributed by atoms with Crippen molar-refractivity contribution in [1.82, 2.24) is 10.2 Å². The molecule has 0 saturated carbocycles. The van der Waals surface area contributed by atoms with Crippen LogP contribution in [0.1, 0.15) is 12.5 Å². The molecule has 1 saturated heterocycles. The van der Waals surface area contributed by atoms with E-state index in [1.165, 1.54) is 16.3 Å². The van der Waals surface area contributed by atoms with Gasteiger partial charge in [0.25, 0.3) is 0 Å². The molecular weight excluding hydrogens is 276 g/mol. The predicted octanol–water partition coefficient (Wildman–Crippen LogP) is 2.81. The van der Waals surface area contributed by atoms with Crippen LogP contribution in [0, 0.1) is 0 Å². The van der Waals surface area contributed by atoms with Crippen molar-refractivity contribution in [2.75, 3.05) is 26.2 Å². The SMILES string of the molecule is CC1CN(C(=O)NCCc2cccc3ccccc23)CCO1. The molecule has 2 aromatic rings. The summed E-state index contributed by atoms with van der Waals surface area (Å²) in [6, 6.07) is 14.7. The van der Waals surface area contributed by atoms with Gasteiger partial charge in [0.05, 0.1) is 12.7 Å². The number of urea groups is 1. The number of nitrogens with zero attached hydrogens (tertiary/aromatic N) is 1. The molecule has 0 bridgehead atoms. The summed E-state index contributed by atoms with van der Waals surface area (Å²) < 4.78 is 5.46. The Morgan fingerprint density at radius 2 is 2.09 bits per heavy atom. The maximum atomic E-state index is 12.2. The van der Waals surface area contributed by atoms with Crippen molar-refractivity contribution < 1.29 is 9.53 Å². The Morgan fingerprint density at radius 3 is 2.95 bits per heavy atom. The highest BCUT2D eigenvalue weighted by Gasteiger charge is 2.20. The summed E-state index contributed by atoms with van der Waals surface area (Å²) in [4.78, 5) is 14.0. The minimum Gasteiger partial charge on any atom is -0.375 e. The van der Waals surface area contributed by atoms with Crippen molar-refractivity contribution >= 4 is 16.8 Å². The lowest BCUT2D eigenvalue weighted by Crippen LogP contribution is -2.49. The zero-order valence-electron chi connectivity index (χ0n) is 12.9. The normalized spacial score (nSPS) is 18.4. The maximum Gasteiger partial charge on any atom is 0.317 e. The number of morpholine rings is 1. The molecule has 1 aliphatic heterocycles. The predicted molar refractivity (Wildman–Crippen MR) is 88.0 cm³/mol. The summed E-state index contributed by atoms with van der Waals surface area (Å²) in [5, 5.41) is 5.52. The standard InChI is InChI=1S/C18H22N2O2/c1-14-13-20(11-12-22-14)18(21)19-10-9-16-7-4-6-15-5-2-3-8-17(15)16/h2-8,14H,9-13H2,1H3,(H,19,21). The van der Waals surface area contributed by atoms with Crippen molar-refractivity contribution in [2.24, 2.45) is 0 Å². The van der Waals surface area contributed by atoms with Crippen LogP contribution < -0.4 is 5.32 Å². The highest BCUT2D eigenvalue weighted by Crippen LogP contribution is 2.18. The van der Waals surface area contributed by atoms with E-state index >= 15 is 0 Å². The van der Waals surface area contributed by atoms with Crippen LogP contribution in [0.25, 0.3) is 10.8 Å². The molecule has 1 heterocycles. The number of hydrogen-bond donors (Lipinski definition) is 1. The van der Waals surface area contributed by atoms with Crippen LogP contribution in [0.15, 0.2) is 42.5 Å². The molecule has 1 fully saturated rings. The number of rotatable bonds is 3. The van der Waals surface area contributed by atoms with E-state index in [1.54, 1.807) is 0 Å². The lowest BCUT2D eigenvalue weighted by atomic mass is 10.0. The summed E-state index contributed by atoms with van der Waals surface area (Å²) in [6.07, 6.45) is 0.963. The van der Waals surface area contributed by atoms with Crippen LogP contribution >= 0.6 is 0 Å². The number of fused-ring (bicyclic) bond motifs is 1. The molecule has 1 N–H and O–H groups in total. The quantitative estimate of drug-likeness (QED) is 0.946. The number of ether oxygens (including phenoxy) is 1. The Kier molecular flexibility index (Phi) is 4.59. The molecular formula is C18H22N2O2. The highest BCUT2D eigenvalue weighted by atomic mass is 16.5. The number of carbonyl (C=O) groups excluding carboxylic acids is 1. The van der Waals surface area contributed by atoms with Gasteiger partial charge in [-0.1, -0.05) is 42.5 Å². The van der Waals surface area contributed by atoms with E-state index in [4.69, 9.17) is 4.74 Å². The molecule has 0 radical (unpaired) electrons. The van der Waals surface area contributed by atoms with Crippen LogP contribution in [0.5, 0.6) is 0 Å². The summed E-state index contributed by atoms with van der Waals surface area (Å²) >= 11 is 0. The van der Waals surface area contributed by atoms with Crippen molar-refractivity contribution in [1.29, 1.82) is 0 Å². The lowest BCUT2D eigenvalue weighted by molar-refractivity contribution is -0.00342. The van der Waals surface area contributed by atoms with Gasteiger partial charge in [-0.05, 0) is 29.7 Å². The molecule has 1 atom stereocenters. The smallest absolute Gasteiger partial charge is 0.317 e. The molecule has 116 valence electrons. The molecule has 0 aromatic heterocycles. The molecule has 0 aliphatic carbocycles. The molecule has 4 heteroatoms. The fraction of sp³-hybridized carbons (Fsp3) is 0.389. The van der Waals surface area contributed by atoms with Gasteiger partial charge in [-0.25, -0.2) is 4.79 Å². The van der Waals surface area contributed by atoms with Gasteiger partial charge in [0.1, 0.15) is 0 Å². The third kappa shape index (κ3) is 3.39. The number of benzene rings is 2. The molecule has 22 heavy (non-hydrogen) atoms. The third-order valence-corrected chi connectivity index (χ3v) is 4.08. The first-order chi connectivity index (χ1) is 10.7. The first-order valence-electron chi connectivity index (χ1n) is 7.85. The van der Waals surface area contributed by atoms with E-state index in [-0.39, 0.29) is 12.1 Å². The van der Waals surface area contributed by atoms with Gasteiger partial charge in [0, 0.05) is 19.6 Å². The largest absolute Gasteiger partial charge is 0.375 e. The lowest BCUT2D eigenvalue weighted by Gasteiger charge is -2.31. The topological polar surface area (TPSA) is 41.6 Å². The summed E-state index contributed by atoms with van der Waals surface area (Å²) in [7, 11) is 0. The van der Waals surface area contributed by atoms with E-state index in [0.29, 0.717) is 26.2 Å². The molecule has 1 aliphatic rings. The monoisotopic (exact) mass is 298 g/mol. The van der Waals surface area contributed by atoms with Crippen LogP contribution in [0.4, 0.5) is 4.79 Å². The van der Waals surface area contributed by atoms with E-state index in [2.05, 4.69) is 41.7 Å². The zero-order valence-corrected chi connectivity index (χ0v) is 12.9. The number of nitrogens with one attached hydrogen (secondary N) is 1. The van der Waals surface area contributed by atoms with Gasteiger partial charge in [-0.15, -0.1) is 0 Å². The second-order valence-electron chi connectivity index (χ2n) is 5.75. The van der Waals surface area contributed by atoms with Gasteiger partial charge < -0.3 is 15.0 Å². The minimum atomic E-state index is 0.00962. The van der Waals surface area contributed by atoms with Crippen molar-refractivity contribution in [2.45, 2.75) is 19.4 Å². The van der Waals surface area contributed by atoms with E-state index in [9.17, 15) is 4.79 Å². The average molecular weight is 298 g/mol. The molecule has 2 aromatic carbocycles. The van der Waals surface area contributed by atoms with Crippen LogP contribution in [0.3, 0.4) is 0 Å². The fourth-order valence-corrected chi connectivity index (χ4v) is 2.93. The van der Waals surface area contributed by atoms with Crippen LogP contribution in [-0.4, -0.2) is 43.3 Å². The second-order valence-corrected chi connectivity index (χ2v) is 5.75. The minimum absolute atomic E-state index is 0.00962. The van der Waals surface area contributed by atoms with Gasteiger partial charge >= 0.3 is 6.03 Å². The first kappa shape index (κ1) is 14.9. The molecule has 0 spiro atoms. The third-order valence-electron chi connectivity index (χ3n) is 4.08. The van der Waals surface area contributed by atoms with E-state index in [0.717, 1.165) is 6.42 Å². The summed E-state index contributed by atoms with van der Waals surface area (Å²) in [5.74, 6) is 0. The Morgan fingerprint density at radius 1 is 1.27 bits per heavy atom. The van der Waals surface area contributed by atoms with Gasteiger partial charge in [-0.2, -0.15) is 0 Å². The molecule has 2 amide bonds.